The van der Waals surface area contributed by atoms with E-state index in [-0.39, 0.29) is 5.25 Å². The van der Waals surface area contributed by atoms with Gasteiger partial charge < -0.3 is 4.42 Å². The van der Waals surface area contributed by atoms with E-state index in [1.54, 1.807) is 6.07 Å². The molecule has 21 heavy (non-hydrogen) atoms. The van der Waals surface area contributed by atoms with Gasteiger partial charge in [-0.05, 0) is 49.9 Å². The van der Waals surface area contributed by atoms with Crippen LogP contribution in [0, 0.1) is 13.8 Å². The van der Waals surface area contributed by atoms with Gasteiger partial charge in [0, 0.05) is 20.8 Å². The summed E-state index contributed by atoms with van der Waals surface area (Å²) in [5.74, 6) is 1.63. The topological polar surface area (TPSA) is 43.1 Å². The number of fused-ring (bicyclic) bond motifs is 1. The van der Waals surface area contributed by atoms with Crippen molar-refractivity contribution in [3.63, 3.8) is 0 Å². The van der Waals surface area contributed by atoms with Crippen LogP contribution in [-0.4, -0.2) is 9.19 Å². The fraction of sp³-hybridized carbons (Fsp3) is 0.400. The van der Waals surface area contributed by atoms with E-state index in [2.05, 4.69) is 4.98 Å². The van der Waals surface area contributed by atoms with Crippen molar-refractivity contribution in [2.24, 2.45) is 0 Å². The lowest BCUT2D eigenvalue weighted by Crippen LogP contribution is -2.06. The van der Waals surface area contributed by atoms with Crippen LogP contribution in [0.25, 0.3) is 0 Å². The van der Waals surface area contributed by atoms with Crippen LogP contribution in [-0.2, 0) is 23.0 Å². The lowest BCUT2D eigenvalue weighted by atomic mass is 10.1. The summed E-state index contributed by atoms with van der Waals surface area (Å²) in [5.41, 5.74) is 2.92. The Bertz CT molecular complexity index is 707. The molecule has 2 aromatic rings. The first-order valence-corrected chi connectivity index (χ1v) is 8.87. The SMILES string of the molecule is Cc1nc(CS(=O)C2CCc3c(Cl)cc(Cl)cc32)oc1C. The van der Waals surface area contributed by atoms with E-state index in [1.807, 2.05) is 19.9 Å². The maximum Gasteiger partial charge on any atom is 0.207 e. The fourth-order valence-electron chi connectivity index (χ4n) is 2.70. The van der Waals surface area contributed by atoms with Crippen molar-refractivity contribution in [2.75, 3.05) is 0 Å². The third-order valence-electron chi connectivity index (χ3n) is 3.85. The predicted octanol–water partition coefficient (Wildman–Crippen LogP) is 4.53. The highest BCUT2D eigenvalue weighted by Crippen LogP contribution is 2.41. The molecule has 1 aliphatic rings. The Morgan fingerprint density at radius 3 is 2.81 bits per heavy atom. The molecule has 0 radical (unpaired) electrons. The molecule has 0 fully saturated rings. The van der Waals surface area contributed by atoms with Crippen molar-refractivity contribution in [1.82, 2.24) is 4.98 Å². The molecule has 6 heteroatoms. The minimum absolute atomic E-state index is 0.0521. The maximum absolute atomic E-state index is 12.6. The summed E-state index contributed by atoms with van der Waals surface area (Å²) in [5, 5.41) is 1.20. The molecule has 0 N–H and O–H groups in total. The van der Waals surface area contributed by atoms with Gasteiger partial charge in [0.25, 0.3) is 0 Å². The highest BCUT2D eigenvalue weighted by atomic mass is 35.5. The van der Waals surface area contributed by atoms with Gasteiger partial charge in [0.1, 0.15) is 11.5 Å². The smallest absolute Gasteiger partial charge is 0.207 e. The number of benzene rings is 1. The quantitative estimate of drug-likeness (QED) is 0.821. The molecule has 2 unspecified atom stereocenters. The van der Waals surface area contributed by atoms with Crippen LogP contribution in [0.1, 0.15) is 40.1 Å². The lowest BCUT2D eigenvalue weighted by molar-refractivity contribution is 0.487. The first-order valence-electron chi connectivity index (χ1n) is 6.73. The van der Waals surface area contributed by atoms with Crippen molar-refractivity contribution in [3.05, 3.63) is 50.6 Å². The average Bonchev–Trinajstić information content (AvgIpc) is 2.94. The Balaban J connectivity index is 1.85. The fourth-order valence-corrected chi connectivity index (χ4v) is 4.75. The van der Waals surface area contributed by atoms with Crippen LogP contribution >= 0.6 is 23.2 Å². The van der Waals surface area contributed by atoms with Gasteiger partial charge in [-0.2, -0.15) is 0 Å². The molecule has 2 atom stereocenters. The molecule has 0 spiro atoms. The van der Waals surface area contributed by atoms with E-state index in [0.717, 1.165) is 35.4 Å². The van der Waals surface area contributed by atoms with Crippen LogP contribution in [0.3, 0.4) is 0 Å². The zero-order valence-corrected chi connectivity index (χ0v) is 14.1. The van der Waals surface area contributed by atoms with Gasteiger partial charge in [-0.15, -0.1) is 0 Å². The molecule has 3 rings (SSSR count). The largest absolute Gasteiger partial charge is 0.445 e. The minimum Gasteiger partial charge on any atom is -0.445 e. The minimum atomic E-state index is -1.09. The average molecular weight is 344 g/mol. The molecule has 1 aromatic carbocycles. The second kappa shape index (κ2) is 5.75. The van der Waals surface area contributed by atoms with Crippen molar-refractivity contribution in [2.45, 2.75) is 37.7 Å². The normalized spacial score (nSPS) is 18.8. The third kappa shape index (κ3) is 2.89. The van der Waals surface area contributed by atoms with E-state index in [4.69, 9.17) is 27.6 Å². The van der Waals surface area contributed by atoms with Crippen molar-refractivity contribution >= 4 is 34.0 Å². The van der Waals surface area contributed by atoms with E-state index in [9.17, 15) is 4.21 Å². The Morgan fingerprint density at radius 1 is 1.38 bits per heavy atom. The van der Waals surface area contributed by atoms with Gasteiger partial charge in [0.05, 0.1) is 10.9 Å². The van der Waals surface area contributed by atoms with E-state index in [0.29, 0.717) is 21.7 Å². The number of hydrogen-bond donors (Lipinski definition) is 0. The molecule has 3 nitrogen and oxygen atoms in total. The van der Waals surface area contributed by atoms with Crippen LogP contribution in [0.2, 0.25) is 10.0 Å². The zero-order valence-electron chi connectivity index (χ0n) is 11.8. The third-order valence-corrected chi connectivity index (χ3v) is 6.07. The first-order chi connectivity index (χ1) is 9.95. The van der Waals surface area contributed by atoms with E-state index < -0.39 is 10.8 Å². The number of rotatable bonds is 3. The number of aryl methyl sites for hydroxylation is 2. The van der Waals surface area contributed by atoms with Gasteiger partial charge in [-0.25, -0.2) is 4.98 Å². The Labute approximate surface area is 136 Å². The molecule has 1 aliphatic carbocycles. The van der Waals surface area contributed by atoms with Crippen molar-refractivity contribution in [3.8, 4) is 0 Å². The summed E-state index contributed by atoms with van der Waals surface area (Å²) in [6, 6.07) is 3.62. The Kier molecular flexibility index (Phi) is 4.12. The maximum atomic E-state index is 12.6. The molecule has 0 saturated heterocycles. The summed E-state index contributed by atoms with van der Waals surface area (Å²) >= 11 is 12.3. The summed E-state index contributed by atoms with van der Waals surface area (Å²) in [6.45, 7) is 3.74. The molecule has 0 amide bonds. The van der Waals surface area contributed by atoms with Gasteiger partial charge in [-0.1, -0.05) is 23.2 Å². The summed E-state index contributed by atoms with van der Waals surface area (Å²) in [7, 11) is -1.09. The van der Waals surface area contributed by atoms with Crippen LogP contribution in [0.5, 0.6) is 0 Å². The zero-order chi connectivity index (χ0) is 15.1. The molecule has 0 aliphatic heterocycles. The van der Waals surface area contributed by atoms with Crippen molar-refractivity contribution < 1.29 is 8.63 Å². The first kappa shape index (κ1) is 15.1. The molecule has 0 saturated carbocycles. The van der Waals surface area contributed by atoms with Gasteiger partial charge >= 0.3 is 0 Å². The lowest BCUT2D eigenvalue weighted by Gasteiger charge is -2.11. The highest BCUT2D eigenvalue weighted by molar-refractivity contribution is 7.84. The van der Waals surface area contributed by atoms with Crippen LogP contribution in [0.4, 0.5) is 0 Å². The van der Waals surface area contributed by atoms with Crippen molar-refractivity contribution in [1.29, 1.82) is 0 Å². The molecule has 112 valence electrons. The molecular weight excluding hydrogens is 329 g/mol. The molecular formula is C15H15Cl2NO2S. The summed E-state index contributed by atoms with van der Waals surface area (Å²) in [6.07, 6.45) is 1.66. The summed E-state index contributed by atoms with van der Waals surface area (Å²) < 4.78 is 18.2. The predicted molar refractivity (Wildman–Crippen MR) is 85.3 cm³/mol. The number of oxazole rings is 1. The molecule has 0 bridgehead atoms. The second-order valence-electron chi connectivity index (χ2n) is 5.26. The van der Waals surface area contributed by atoms with Crippen LogP contribution in [0.15, 0.2) is 16.5 Å². The molecule has 1 aromatic heterocycles. The molecule has 1 heterocycles. The number of aromatic nitrogens is 1. The van der Waals surface area contributed by atoms with Gasteiger partial charge in [0.2, 0.25) is 5.89 Å². The monoisotopic (exact) mass is 343 g/mol. The van der Waals surface area contributed by atoms with E-state index >= 15 is 0 Å². The second-order valence-corrected chi connectivity index (χ2v) is 7.72. The van der Waals surface area contributed by atoms with Crippen LogP contribution < -0.4 is 0 Å². The van der Waals surface area contributed by atoms with Gasteiger partial charge in [-0.3, -0.25) is 4.21 Å². The highest BCUT2D eigenvalue weighted by Gasteiger charge is 2.30. The Hall–Kier alpha value is -0.840. The number of halogens is 2. The standard InChI is InChI=1S/C15H15Cl2NO2S/c1-8-9(2)20-15(18-8)7-21(19)14-4-3-11-12(14)5-10(16)6-13(11)17/h5-6,14H,3-4,7H2,1-2H3. The Morgan fingerprint density at radius 2 is 2.14 bits per heavy atom. The number of hydrogen-bond acceptors (Lipinski definition) is 3. The number of nitrogens with zero attached hydrogens (tertiary/aromatic N) is 1. The van der Waals surface area contributed by atoms with Gasteiger partial charge in [0.15, 0.2) is 0 Å². The van der Waals surface area contributed by atoms with E-state index in [1.165, 1.54) is 0 Å². The summed E-state index contributed by atoms with van der Waals surface area (Å²) in [4.78, 5) is 4.30.